The molecule has 18 heteroatoms. The second-order valence-electron chi connectivity index (χ2n) is 8.48. The van der Waals surface area contributed by atoms with Crippen LogP contribution < -0.4 is 14.4 Å². The second kappa shape index (κ2) is 41.9. The first kappa shape index (κ1) is 56.5. The molecule has 0 amide bonds. The number of nitrogens with one attached hydrogen (secondary N) is 1. The number of carbonyl (C=O) groups is 3. The lowest BCUT2D eigenvalue weighted by atomic mass is 10.2. The van der Waals surface area contributed by atoms with Crippen molar-refractivity contribution in [1.29, 1.82) is 0 Å². The fraction of sp³-hybridized carbons (Fsp3) is 0.370. The van der Waals surface area contributed by atoms with Gasteiger partial charge in [-0.15, -0.1) is 0 Å². The van der Waals surface area contributed by atoms with Crippen LogP contribution in [0.5, 0.6) is 0 Å². The number of halogens is 8. The summed E-state index contributed by atoms with van der Waals surface area (Å²) in [5.41, 5.74) is 0.702. The number of aromatic nitrogens is 1. The lowest BCUT2D eigenvalue weighted by Gasteiger charge is -2.01. The van der Waals surface area contributed by atoms with Gasteiger partial charge in [0, 0.05) is 66.8 Å². The zero-order valence-corrected chi connectivity index (χ0v) is 27.3. The Bertz CT molecular complexity index is 925. The number of hydrogen-bond donors (Lipinski definition) is 0. The maximum atomic E-state index is 11.2. The van der Waals surface area contributed by atoms with Gasteiger partial charge in [0.25, 0.3) is 0 Å². The number of allylic oxidation sites excluding steroid dienone is 5. The molecular weight excluding hydrogens is 616 g/mol. The quantitative estimate of drug-likeness (QED) is 0.0617. The minimum absolute atomic E-state index is 0. The molecule has 1 heterocycles. The van der Waals surface area contributed by atoms with Gasteiger partial charge >= 0.3 is 15.1 Å². The van der Waals surface area contributed by atoms with Crippen LogP contribution in [0.3, 0.4) is 0 Å². The summed E-state index contributed by atoms with van der Waals surface area (Å²) >= 11 is 0. The molecule has 8 nitrogen and oxygen atoms in total. The second-order valence-corrected chi connectivity index (χ2v) is 8.48. The van der Waals surface area contributed by atoms with Crippen molar-refractivity contribution in [2.45, 2.75) is 13.8 Å². The van der Waals surface area contributed by atoms with E-state index in [9.17, 15) is 40.3 Å². The number of nitrogens with zero attached hydrogens (tertiary/aromatic N) is 4. The Kier molecular flexibility index (Phi) is 52.6. The maximum absolute atomic E-state index is 11.2. The maximum Gasteiger partial charge on any atom is 0.762 e. The van der Waals surface area contributed by atoms with Crippen LogP contribution >= 0.6 is 0 Å². The number of ketones is 2. The fourth-order valence-electron chi connectivity index (χ4n) is 1.65. The Labute approximate surface area is 262 Å². The SMILES string of the molecule is CC(=O)/C=C/N(C)C.CC(=O)C(=CC=CN(C)C)C=[N+](C)C.CN(C)/C=C/C=O.FB(F)F.FB(F)F.[F-].[F-].c1cc[nH+]cc1. The highest BCUT2D eigenvalue weighted by Gasteiger charge is 2.07. The number of hydrogen-bond acceptors (Lipinski definition) is 6. The van der Waals surface area contributed by atoms with Crippen LogP contribution in [0.15, 0.2) is 79.1 Å². The van der Waals surface area contributed by atoms with E-state index in [0.29, 0.717) is 5.57 Å². The van der Waals surface area contributed by atoms with E-state index in [4.69, 9.17) is 0 Å². The number of aldehydes is 1. The minimum Gasteiger partial charge on any atom is -1.00 e. The summed E-state index contributed by atoms with van der Waals surface area (Å²) in [6.45, 7) is 3.09. The molecule has 1 N–H and O–H groups in total. The van der Waals surface area contributed by atoms with Crippen molar-refractivity contribution in [2.75, 3.05) is 56.4 Å². The first-order valence-electron chi connectivity index (χ1n) is 12.3. The number of carbonyl (C=O) groups excluding carboxylic acids is 3. The molecule has 0 saturated heterocycles. The standard InChI is InChI=1S/C11H19N2O.C6H11NO.C5H9NO.C5H5N.2BF3.2FH/c1-10(14)11(9-13(4)5)7-6-8-12(2)3;1-6(8)4-5-7(2)3;1-6(2)4-3-5-7;1-2-4-6-5-3-1;2*2-1(3)4;;/h6-9H,1-5H3;4-5H,1-3H3;3-5H,1-2H3;1-5H;;;2*1H/q+1;;;;;;;/p-1/b;5-4+;4-3+;;;;;. The van der Waals surface area contributed by atoms with Gasteiger partial charge in [-0.3, -0.25) is 40.3 Å². The lowest BCUT2D eigenvalue weighted by molar-refractivity contribution is -0.458. The molecule has 0 aromatic carbocycles. The van der Waals surface area contributed by atoms with Crippen LogP contribution in [0.4, 0.5) is 25.9 Å². The minimum atomic E-state index is -3.67. The zero-order chi connectivity index (χ0) is 34.8. The van der Waals surface area contributed by atoms with Crippen molar-refractivity contribution in [2.24, 2.45) is 0 Å². The van der Waals surface area contributed by atoms with E-state index in [0.717, 1.165) is 6.29 Å². The normalized spacial score (nSPS) is 9.11. The number of pyridine rings is 1. The smallest absolute Gasteiger partial charge is 0.762 e. The third kappa shape index (κ3) is 92.5. The van der Waals surface area contributed by atoms with E-state index < -0.39 is 15.1 Å². The molecule has 45 heavy (non-hydrogen) atoms. The van der Waals surface area contributed by atoms with E-state index in [1.165, 1.54) is 19.1 Å². The predicted octanol–water partition coefficient (Wildman–Crippen LogP) is -1.90. The van der Waals surface area contributed by atoms with Gasteiger partial charge in [-0.05, 0) is 44.4 Å². The first-order valence-corrected chi connectivity index (χ1v) is 12.3. The van der Waals surface area contributed by atoms with Gasteiger partial charge in [0.1, 0.15) is 20.4 Å². The Morgan fingerprint density at radius 3 is 1.27 bits per heavy atom. The van der Waals surface area contributed by atoms with Gasteiger partial charge in [0.15, 0.2) is 30.2 Å². The molecule has 0 aliphatic heterocycles. The van der Waals surface area contributed by atoms with Gasteiger partial charge in [-0.1, -0.05) is 6.07 Å². The monoisotopic (exact) mass is 661 g/mol. The topological polar surface area (TPSA) is 78.1 Å². The van der Waals surface area contributed by atoms with Crippen molar-refractivity contribution >= 4 is 39.2 Å². The third-order valence-electron chi connectivity index (χ3n) is 3.14. The molecule has 1 rings (SSSR count). The molecule has 0 aliphatic carbocycles. The van der Waals surface area contributed by atoms with E-state index in [1.807, 2.05) is 126 Å². The summed E-state index contributed by atoms with van der Waals surface area (Å²) < 4.78 is 59.9. The van der Waals surface area contributed by atoms with Crippen molar-refractivity contribution in [3.63, 3.8) is 0 Å². The Hall–Kier alpha value is -4.24. The van der Waals surface area contributed by atoms with Crippen LogP contribution in [-0.4, -0.2) is 115 Å². The van der Waals surface area contributed by atoms with Crippen LogP contribution in [0, 0.1) is 0 Å². The van der Waals surface area contributed by atoms with Crippen molar-refractivity contribution in [1.82, 2.24) is 14.7 Å². The number of aromatic amines is 1. The predicted molar refractivity (Wildman–Crippen MR) is 163 cm³/mol. The molecule has 0 unspecified atom stereocenters. The largest absolute Gasteiger partial charge is 1.00 e. The molecule has 0 atom stereocenters. The molecule has 1 aromatic heterocycles. The van der Waals surface area contributed by atoms with Crippen LogP contribution in [0.25, 0.3) is 0 Å². The fourth-order valence-corrected chi connectivity index (χ4v) is 1.65. The van der Waals surface area contributed by atoms with Gasteiger partial charge in [-0.25, -0.2) is 9.56 Å². The van der Waals surface area contributed by atoms with Gasteiger partial charge in [0.2, 0.25) is 0 Å². The molecule has 0 bridgehead atoms. The molecule has 0 spiro atoms. The van der Waals surface area contributed by atoms with Gasteiger partial charge < -0.3 is 24.1 Å². The molecule has 1 aromatic rings. The van der Waals surface area contributed by atoms with Gasteiger partial charge in [0.05, 0.1) is 5.57 Å². The highest BCUT2D eigenvalue weighted by atomic mass is 19.4. The van der Waals surface area contributed by atoms with Crippen molar-refractivity contribution in [3.05, 3.63) is 79.1 Å². The Morgan fingerprint density at radius 1 is 0.711 bits per heavy atom. The average Bonchev–Trinajstić information content (AvgIpc) is 2.86. The molecule has 0 saturated carbocycles. The number of rotatable bonds is 8. The first-order chi connectivity index (χ1) is 19.8. The third-order valence-corrected chi connectivity index (χ3v) is 3.14. The van der Waals surface area contributed by atoms with E-state index in [2.05, 4.69) is 4.98 Å². The van der Waals surface area contributed by atoms with Crippen LogP contribution in [0.2, 0.25) is 0 Å². The Morgan fingerprint density at radius 2 is 1.09 bits per heavy atom. The van der Waals surface area contributed by atoms with E-state index in [-0.39, 0.29) is 21.0 Å². The molecular formula is C27H45B2F8N5O3. The molecule has 258 valence electrons. The number of H-pyrrole nitrogens is 1. The van der Waals surface area contributed by atoms with E-state index >= 15 is 0 Å². The highest BCUT2D eigenvalue weighted by Crippen LogP contribution is 1.93. The molecule has 0 aliphatic rings. The van der Waals surface area contributed by atoms with E-state index in [1.54, 1.807) is 24.2 Å². The molecule has 0 radical (unpaired) electrons. The van der Waals surface area contributed by atoms with Crippen molar-refractivity contribution < 1.29 is 59.2 Å². The van der Waals surface area contributed by atoms with Crippen molar-refractivity contribution in [3.8, 4) is 0 Å². The molecule has 0 fully saturated rings. The number of Topliss-reactive ketones (excluding diaryl/α,β-unsaturated/α-hetero) is 1. The summed E-state index contributed by atoms with van der Waals surface area (Å²) in [6, 6.07) is 5.86. The summed E-state index contributed by atoms with van der Waals surface area (Å²) in [7, 11) is 7.80. The van der Waals surface area contributed by atoms with Crippen LogP contribution in [0.1, 0.15) is 13.8 Å². The summed E-state index contributed by atoms with van der Waals surface area (Å²) in [5, 5.41) is 0. The van der Waals surface area contributed by atoms with Gasteiger partial charge in [-0.2, -0.15) is 0 Å². The summed E-state index contributed by atoms with van der Waals surface area (Å²) in [5.74, 6) is 0.154. The lowest BCUT2D eigenvalue weighted by Crippen LogP contribution is -3.00. The van der Waals surface area contributed by atoms with Crippen LogP contribution in [-0.2, 0) is 14.4 Å². The zero-order valence-electron chi connectivity index (χ0n) is 27.3. The summed E-state index contributed by atoms with van der Waals surface area (Å²) in [4.78, 5) is 39.4. The highest BCUT2D eigenvalue weighted by molar-refractivity contribution is 6.33. The average molecular weight is 661 g/mol. The summed E-state index contributed by atoms with van der Waals surface area (Å²) in [6.07, 6.45) is 18.3. The Balaban J connectivity index is -0.0000000811.